The summed E-state index contributed by atoms with van der Waals surface area (Å²) in [6.45, 7) is 0.593. The van der Waals surface area contributed by atoms with Crippen molar-refractivity contribution in [3.8, 4) is 17.6 Å². The predicted octanol–water partition coefficient (Wildman–Crippen LogP) is 4.34. The molecule has 0 saturated carbocycles. The highest BCUT2D eigenvalue weighted by atomic mass is 79.9. The lowest BCUT2D eigenvalue weighted by Gasteiger charge is -2.13. The van der Waals surface area contributed by atoms with Gasteiger partial charge in [-0.3, -0.25) is 0 Å². The number of ether oxygens (including phenoxy) is 2. The molecule has 2 rings (SSSR count). The van der Waals surface area contributed by atoms with Crippen molar-refractivity contribution in [1.29, 1.82) is 5.26 Å². The van der Waals surface area contributed by atoms with E-state index in [0.29, 0.717) is 23.7 Å². The molecule has 0 atom stereocenters. The van der Waals surface area contributed by atoms with Crippen LogP contribution in [0.15, 0.2) is 46.9 Å². The predicted molar refractivity (Wildman–Crippen MR) is 85.7 cm³/mol. The fraction of sp³-hybridized carbons (Fsp3) is 0.235. The van der Waals surface area contributed by atoms with E-state index in [9.17, 15) is 0 Å². The van der Waals surface area contributed by atoms with E-state index in [0.717, 1.165) is 17.3 Å². The Morgan fingerprint density at radius 1 is 1.19 bits per heavy atom. The Bertz CT molecular complexity index is 635. The van der Waals surface area contributed by atoms with Crippen LogP contribution in [0.3, 0.4) is 0 Å². The molecular formula is C17H16BrNO2. The number of benzene rings is 2. The Morgan fingerprint density at radius 3 is 2.62 bits per heavy atom. The van der Waals surface area contributed by atoms with Gasteiger partial charge in [0, 0.05) is 6.07 Å². The van der Waals surface area contributed by atoms with Crippen LogP contribution in [-0.2, 0) is 6.42 Å². The summed E-state index contributed by atoms with van der Waals surface area (Å²) in [5.41, 5.74) is 1.84. The molecule has 0 radical (unpaired) electrons. The number of hydrogen-bond donors (Lipinski definition) is 0. The molecule has 0 amide bonds. The zero-order valence-corrected chi connectivity index (χ0v) is 13.4. The highest BCUT2D eigenvalue weighted by Crippen LogP contribution is 2.36. The maximum atomic E-state index is 8.95. The first-order valence-electron chi connectivity index (χ1n) is 6.69. The molecule has 2 aromatic carbocycles. The standard InChI is InChI=1S/C17H16BrNO2/c1-20-16-11-14(12-19)10-15(18)17(16)21-9-5-8-13-6-3-2-4-7-13/h2-4,6-7,10-11H,5,8-9H2,1H3. The van der Waals surface area contributed by atoms with Crippen molar-refractivity contribution in [3.63, 3.8) is 0 Å². The maximum absolute atomic E-state index is 8.95. The Morgan fingerprint density at radius 2 is 1.95 bits per heavy atom. The number of nitrogens with zero attached hydrogens (tertiary/aromatic N) is 1. The topological polar surface area (TPSA) is 42.2 Å². The van der Waals surface area contributed by atoms with E-state index in [1.54, 1.807) is 19.2 Å². The lowest BCUT2D eigenvalue weighted by Crippen LogP contribution is -2.02. The van der Waals surface area contributed by atoms with E-state index in [-0.39, 0.29) is 0 Å². The normalized spacial score (nSPS) is 9.95. The van der Waals surface area contributed by atoms with Gasteiger partial charge in [0.1, 0.15) is 0 Å². The van der Waals surface area contributed by atoms with Crippen LogP contribution in [-0.4, -0.2) is 13.7 Å². The summed E-state index contributed by atoms with van der Waals surface area (Å²) in [5, 5.41) is 8.95. The van der Waals surface area contributed by atoms with Gasteiger partial charge in [0.05, 0.1) is 29.8 Å². The third-order valence-electron chi connectivity index (χ3n) is 3.06. The van der Waals surface area contributed by atoms with Crippen molar-refractivity contribution < 1.29 is 9.47 Å². The van der Waals surface area contributed by atoms with Crippen LogP contribution in [0.1, 0.15) is 17.5 Å². The van der Waals surface area contributed by atoms with Crippen molar-refractivity contribution in [2.24, 2.45) is 0 Å². The Hall–Kier alpha value is -1.99. The largest absolute Gasteiger partial charge is 0.493 e. The molecular weight excluding hydrogens is 330 g/mol. The first-order valence-corrected chi connectivity index (χ1v) is 7.48. The molecule has 0 heterocycles. The number of aryl methyl sites for hydroxylation is 1. The van der Waals surface area contributed by atoms with Crippen molar-refractivity contribution in [3.05, 3.63) is 58.1 Å². The number of nitriles is 1. The fourth-order valence-corrected chi connectivity index (χ4v) is 2.58. The number of hydrogen-bond acceptors (Lipinski definition) is 3. The SMILES string of the molecule is COc1cc(C#N)cc(Br)c1OCCCc1ccccc1. The second kappa shape index (κ2) is 7.70. The van der Waals surface area contributed by atoms with Gasteiger partial charge in [0.2, 0.25) is 0 Å². The molecule has 0 aliphatic carbocycles. The van der Waals surface area contributed by atoms with Gasteiger partial charge < -0.3 is 9.47 Å². The summed E-state index contributed by atoms with van der Waals surface area (Å²) in [4.78, 5) is 0. The van der Waals surface area contributed by atoms with Gasteiger partial charge in [0.15, 0.2) is 11.5 Å². The first-order chi connectivity index (χ1) is 10.2. The molecule has 3 nitrogen and oxygen atoms in total. The van der Waals surface area contributed by atoms with Gasteiger partial charge in [0.25, 0.3) is 0 Å². The van der Waals surface area contributed by atoms with Crippen molar-refractivity contribution in [2.45, 2.75) is 12.8 Å². The molecule has 0 N–H and O–H groups in total. The second-order valence-electron chi connectivity index (χ2n) is 4.54. The van der Waals surface area contributed by atoms with Gasteiger partial charge in [-0.25, -0.2) is 0 Å². The summed E-state index contributed by atoms with van der Waals surface area (Å²) >= 11 is 3.42. The average Bonchev–Trinajstić information content (AvgIpc) is 2.53. The van der Waals surface area contributed by atoms with Crippen LogP contribution in [0.2, 0.25) is 0 Å². The van der Waals surface area contributed by atoms with Crippen LogP contribution in [0.5, 0.6) is 11.5 Å². The van der Waals surface area contributed by atoms with Gasteiger partial charge in [-0.2, -0.15) is 5.26 Å². The zero-order valence-electron chi connectivity index (χ0n) is 11.8. The lowest BCUT2D eigenvalue weighted by molar-refractivity contribution is 0.287. The van der Waals surface area contributed by atoms with Gasteiger partial charge in [-0.1, -0.05) is 30.3 Å². The van der Waals surface area contributed by atoms with Crippen LogP contribution in [0.25, 0.3) is 0 Å². The molecule has 0 aromatic heterocycles. The van der Waals surface area contributed by atoms with Crippen molar-refractivity contribution in [1.82, 2.24) is 0 Å². The molecule has 0 aliphatic rings. The first kappa shape index (κ1) is 15.4. The summed E-state index contributed by atoms with van der Waals surface area (Å²) in [6.07, 6.45) is 1.89. The van der Waals surface area contributed by atoms with Gasteiger partial charge in [-0.15, -0.1) is 0 Å². The van der Waals surface area contributed by atoms with Crippen molar-refractivity contribution >= 4 is 15.9 Å². The summed E-state index contributed by atoms with van der Waals surface area (Å²) in [7, 11) is 1.57. The van der Waals surface area contributed by atoms with Crippen LogP contribution < -0.4 is 9.47 Å². The molecule has 0 saturated heterocycles. The third kappa shape index (κ3) is 4.24. The molecule has 0 bridgehead atoms. The molecule has 2 aromatic rings. The molecule has 4 heteroatoms. The molecule has 0 aliphatic heterocycles. The van der Waals surface area contributed by atoms with Crippen LogP contribution in [0.4, 0.5) is 0 Å². The molecule has 0 spiro atoms. The van der Waals surface area contributed by atoms with Gasteiger partial charge >= 0.3 is 0 Å². The average molecular weight is 346 g/mol. The molecule has 0 unspecified atom stereocenters. The minimum atomic E-state index is 0.537. The van der Waals surface area contributed by atoms with E-state index in [2.05, 4.69) is 34.1 Å². The van der Waals surface area contributed by atoms with E-state index < -0.39 is 0 Å². The molecule has 108 valence electrons. The second-order valence-corrected chi connectivity index (χ2v) is 5.39. The molecule has 21 heavy (non-hydrogen) atoms. The maximum Gasteiger partial charge on any atom is 0.175 e. The van der Waals surface area contributed by atoms with Crippen LogP contribution in [0, 0.1) is 11.3 Å². The smallest absolute Gasteiger partial charge is 0.175 e. The Balaban J connectivity index is 1.95. The van der Waals surface area contributed by atoms with E-state index >= 15 is 0 Å². The number of halogens is 1. The Kier molecular flexibility index (Phi) is 5.65. The fourth-order valence-electron chi connectivity index (χ4n) is 2.02. The zero-order chi connectivity index (χ0) is 15.1. The minimum Gasteiger partial charge on any atom is -0.493 e. The highest BCUT2D eigenvalue weighted by molar-refractivity contribution is 9.10. The van der Waals surface area contributed by atoms with Gasteiger partial charge in [-0.05, 0) is 40.4 Å². The van der Waals surface area contributed by atoms with Crippen LogP contribution >= 0.6 is 15.9 Å². The van der Waals surface area contributed by atoms with E-state index in [4.69, 9.17) is 14.7 Å². The van der Waals surface area contributed by atoms with Crippen molar-refractivity contribution in [2.75, 3.05) is 13.7 Å². The van der Waals surface area contributed by atoms with E-state index in [1.807, 2.05) is 18.2 Å². The number of rotatable bonds is 6. The summed E-state index contributed by atoms with van der Waals surface area (Å²) < 4.78 is 11.8. The quantitative estimate of drug-likeness (QED) is 0.731. The Labute approximate surface area is 133 Å². The summed E-state index contributed by atoms with van der Waals surface area (Å²) in [6, 6.07) is 15.8. The number of methoxy groups -OCH3 is 1. The highest BCUT2D eigenvalue weighted by Gasteiger charge is 2.11. The monoisotopic (exact) mass is 345 g/mol. The molecule has 0 fully saturated rings. The van der Waals surface area contributed by atoms with E-state index in [1.165, 1.54) is 5.56 Å². The minimum absolute atomic E-state index is 0.537. The third-order valence-corrected chi connectivity index (χ3v) is 3.65. The lowest BCUT2D eigenvalue weighted by atomic mass is 10.1. The summed E-state index contributed by atoms with van der Waals surface area (Å²) in [5.74, 6) is 1.21.